The molecule has 0 spiro atoms. The standard InChI is InChI=1S/C14H24O/c1-8-12-10(4)11(5)14(6,7)13(12)15-9(2)3/h9H,8H2,1-7H3. The van der Waals surface area contributed by atoms with Crippen molar-refractivity contribution in [2.45, 2.75) is 61.0 Å². The monoisotopic (exact) mass is 208 g/mol. The Hall–Kier alpha value is -0.720. The number of ether oxygens (including phenoxy) is 1. The summed E-state index contributed by atoms with van der Waals surface area (Å²) in [6.45, 7) is 15.3. The highest BCUT2D eigenvalue weighted by molar-refractivity contribution is 5.48. The van der Waals surface area contributed by atoms with Crippen molar-refractivity contribution >= 4 is 0 Å². The molecular weight excluding hydrogens is 184 g/mol. The third kappa shape index (κ3) is 1.97. The van der Waals surface area contributed by atoms with Crippen LogP contribution >= 0.6 is 0 Å². The molecule has 0 bridgehead atoms. The molecule has 0 heterocycles. The summed E-state index contributed by atoms with van der Waals surface area (Å²) in [5.41, 5.74) is 4.37. The maximum absolute atomic E-state index is 6.01. The molecule has 15 heavy (non-hydrogen) atoms. The van der Waals surface area contributed by atoms with E-state index in [1.165, 1.54) is 22.5 Å². The lowest BCUT2D eigenvalue weighted by Crippen LogP contribution is -2.18. The molecule has 1 nitrogen and oxygen atoms in total. The first kappa shape index (κ1) is 12.4. The maximum atomic E-state index is 6.01. The Labute approximate surface area is 94.2 Å². The van der Waals surface area contributed by atoms with Gasteiger partial charge in [-0.1, -0.05) is 12.5 Å². The minimum absolute atomic E-state index is 0.0830. The summed E-state index contributed by atoms with van der Waals surface area (Å²) in [4.78, 5) is 0. The molecule has 0 saturated heterocycles. The normalized spacial score (nSPS) is 20.5. The van der Waals surface area contributed by atoms with E-state index in [1.54, 1.807) is 0 Å². The zero-order chi connectivity index (χ0) is 11.8. The lowest BCUT2D eigenvalue weighted by atomic mass is 9.86. The minimum Gasteiger partial charge on any atom is -0.494 e. The van der Waals surface area contributed by atoms with Gasteiger partial charge in [0, 0.05) is 5.41 Å². The van der Waals surface area contributed by atoms with E-state index < -0.39 is 0 Å². The molecule has 86 valence electrons. The second kappa shape index (κ2) is 4.03. The van der Waals surface area contributed by atoms with Crippen LogP contribution in [-0.4, -0.2) is 6.10 Å². The lowest BCUT2D eigenvalue weighted by Gasteiger charge is -2.27. The topological polar surface area (TPSA) is 9.23 Å². The zero-order valence-electron chi connectivity index (χ0n) is 11.2. The average Bonchev–Trinajstić information content (AvgIpc) is 2.28. The molecule has 0 radical (unpaired) electrons. The van der Waals surface area contributed by atoms with Crippen LogP contribution in [-0.2, 0) is 4.74 Å². The van der Waals surface area contributed by atoms with E-state index in [1.807, 2.05) is 0 Å². The first-order valence-electron chi connectivity index (χ1n) is 5.91. The van der Waals surface area contributed by atoms with E-state index in [9.17, 15) is 0 Å². The second-order valence-corrected chi connectivity index (χ2v) is 5.20. The van der Waals surface area contributed by atoms with Crippen LogP contribution in [0.25, 0.3) is 0 Å². The van der Waals surface area contributed by atoms with E-state index in [0.29, 0.717) is 0 Å². The highest BCUT2D eigenvalue weighted by Crippen LogP contribution is 2.48. The van der Waals surface area contributed by atoms with Crippen molar-refractivity contribution in [2.24, 2.45) is 5.41 Å². The summed E-state index contributed by atoms with van der Waals surface area (Å²) in [5, 5.41) is 0. The van der Waals surface area contributed by atoms with Crippen molar-refractivity contribution < 1.29 is 4.74 Å². The maximum Gasteiger partial charge on any atom is 0.109 e. The molecule has 0 amide bonds. The summed E-state index contributed by atoms with van der Waals surface area (Å²) >= 11 is 0. The van der Waals surface area contributed by atoms with Gasteiger partial charge in [-0.2, -0.15) is 0 Å². The van der Waals surface area contributed by atoms with Gasteiger partial charge in [0.15, 0.2) is 0 Å². The van der Waals surface area contributed by atoms with Gasteiger partial charge in [-0.15, -0.1) is 0 Å². The van der Waals surface area contributed by atoms with Gasteiger partial charge < -0.3 is 4.74 Å². The second-order valence-electron chi connectivity index (χ2n) is 5.20. The fraction of sp³-hybridized carbons (Fsp3) is 0.714. The van der Waals surface area contributed by atoms with Crippen LogP contribution in [0.15, 0.2) is 22.5 Å². The molecule has 1 aliphatic carbocycles. The SMILES string of the molecule is CCC1=C(OC(C)C)C(C)(C)C(C)=C1C. The lowest BCUT2D eigenvalue weighted by molar-refractivity contribution is 0.106. The number of allylic oxidation sites excluding steroid dienone is 3. The Morgan fingerprint density at radius 3 is 2.13 bits per heavy atom. The third-order valence-corrected chi connectivity index (χ3v) is 3.50. The van der Waals surface area contributed by atoms with Crippen molar-refractivity contribution in [3.05, 3.63) is 22.5 Å². The fourth-order valence-corrected chi connectivity index (χ4v) is 2.29. The van der Waals surface area contributed by atoms with E-state index in [4.69, 9.17) is 4.74 Å². The number of hydrogen-bond donors (Lipinski definition) is 0. The smallest absolute Gasteiger partial charge is 0.109 e. The van der Waals surface area contributed by atoms with Crippen LogP contribution in [0.5, 0.6) is 0 Å². The summed E-state index contributed by atoms with van der Waals surface area (Å²) in [6, 6.07) is 0. The highest BCUT2D eigenvalue weighted by atomic mass is 16.5. The van der Waals surface area contributed by atoms with Crippen LogP contribution in [0, 0.1) is 5.41 Å². The van der Waals surface area contributed by atoms with Crippen LogP contribution < -0.4 is 0 Å². The highest BCUT2D eigenvalue weighted by Gasteiger charge is 2.37. The van der Waals surface area contributed by atoms with E-state index >= 15 is 0 Å². The van der Waals surface area contributed by atoms with Gasteiger partial charge in [-0.25, -0.2) is 0 Å². The van der Waals surface area contributed by atoms with E-state index in [0.717, 1.165) is 6.42 Å². The van der Waals surface area contributed by atoms with Crippen LogP contribution in [0.2, 0.25) is 0 Å². The molecule has 0 aliphatic heterocycles. The van der Waals surface area contributed by atoms with Gasteiger partial charge in [0.05, 0.1) is 6.10 Å². The van der Waals surface area contributed by atoms with Crippen molar-refractivity contribution in [3.63, 3.8) is 0 Å². The van der Waals surface area contributed by atoms with Gasteiger partial charge in [-0.3, -0.25) is 0 Å². The Morgan fingerprint density at radius 1 is 1.20 bits per heavy atom. The molecular formula is C14H24O. The zero-order valence-corrected chi connectivity index (χ0v) is 11.2. The van der Waals surface area contributed by atoms with E-state index in [2.05, 4.69) is 48.5 Å². The van der Waals surface area contributed by atoms with Gasteiger partial charge in [-0.05, 0) is 59.1 Å². The third-order valence-electron chi connectivity index (χ3n) is 3.50. The van der Waals surface area contributed by atoms with Gasteiger partial charge >= 0.3 is 0 Å². The quantitative estimate of drug-likeness (QED) is 0.665. The van der Waals surface area contributed by atoms with Crippen LogP contribution in [0.1, 0.15) is 54.9 Å². The molecule has 1 rings (SSSR count). The molecule has 1 heteroatoms. The summed E-state index contributed by atoms with van der Waals surface area (Å²) in [5.74, 6) is 1.19. The molecule has 0 saturated carbocycles. The summed E-state index contributed by atoms with van der Waals surface area (Å²) in [7, 11) is 0. The van der Waals surface area contributed by atoms with Crippen LogP contribution in [0.4, 0.5) is 0 Å². The Kier molecular flexibility index (Phi) is 3.32. The Bertz CT molecular complexity index is 316. The Morgan fingerprint density at radius 2 is 1.73 bits per heavy atom. The largest absolute Gasteiger partial charge is 0.494 e. The molecule has 0 aromatic heterocycles. The van der Waals surface area contributed by atoms with Crippen molar-refractivity contribution in [1.82, 2.24) is 0 Å². The first-order valence-corrected chi connectivity index (χ1v) is 5.91. The number of hydrogen-bond acceptors (Lipinski definition) is 1. The molecule has 0 aromatic carbocycles. The average molecular weight is 208 g/mol. The van der Waals surface area contributed by atoms with Crippen molar-refractivity contribution in [2.75, 3.05) is 0 Å². The van der Waals surface area contributed by atoms with Gasteiger partial charge in [0.25, 0.3) is 0 Å². The molecule has 0 aromatic rings. The molecule has 0 fully saturated rings. The number of rotatable bonds is 3. The summed E-state index contributed by atoms with van der Waals surface area (Å²) in [6.07, 6.45) is 1.33. The first-order chi connectivity index (χ1) is 6.82. The van der Waals surface area contributed by atoms with Crippen molar-refractivity contribution in [3.8, 4) is 0 Å². The van der Waals surface area contributed by atoms with Gasteiger partial charge in [0.2, 0.25) is 0 Å². The van der Waals surface area contributed by atoms with Crippen LogP contribution in [0.3, 0.4) is 0 Å². The predicted molar refractivity (Wildman–Crippen MR) is 65.7 cm³/mol. The molecule has 0 atom stereocenters. The fourth-order valence-electron chi connectivity index (χ4n) is 2.29. The van der Waals surface area contributed by atoms with Gasteiger partial charge in [0.1, 0.15) is 5.76 Å². The Balaban J connectivity index is 3.16. The summed E-state index contributed by atoms with van der Waals surface area (Å²) < 4.78 is 6.01. The molecule has 1 aliphatic rings. The minimum atomic E-state index is 0.0830. The predicted octanol–water partition coefficient (Wildman–Crippen LogP) is 4.45. The van der Waals surface area contributed by atoms with E-state index in [-0.39, 0.29) is 11.5 Å². The van der Waals surface area contributed by atoms with Crippen molar-refractivity contribution in [1.29, 1.82) is 0 Å². The molecule has 0 unspecified atom stereocenters. The molecule has 0 N–H and O–H groups in total.